The predicted molar refractivity (Wildman–Crippen MR) is 81.6 cm³/mol. The molecule has 2 unspecified atom stereocenters. The van der Waals surface area contributed by atoms with Gasteiger partial charge in [0.1, 0.15) is 0 Å². The van der Waals surface area contributed by atoms with Crippen molar-refractivity contribution in [2.45, 2.75) is 46.7 Å². The van der Waals surface area contributed by atoms with E-state index in [2.05, 4.69) is 50.2 Å². The second-order valence-electron chi connectivity index (χ2n) is 5.54. The fraction of sp³-hybridized carbons (Fsp3) is 0.533. The van der Waals surface area contributed by atoms with Gasteiger partial charge in [0.15, 0.2) is 0 Å². The third-order valence-corrected chi connectivity index (χ3v) is 4.68. The van der Waals surface area contributed by atoms with Crippen molar-refractivity contribution in [2.24, 2.45) is 11.7 Å². The van der Waals surface area contributed by atoms with Crippen molar-refractivity contribution in [3.8, 4) is 0 Å². The first-order valence-corrected chi connectivity index (χ1v) is 7.57. The van der Waals surface area contributed by atoms with Crippen LogP contribution in [0.2, 0.25) is 0 Å². The number of rotatable bonds is 4. The van der Waals surface area contributed by atoms with E-state index in [1.807, 2.05) is 23.9 Å². The lowest BCUT2D eigenvalue weighted by atomic mass is 10.0. The fourth-order valence-corrected chi connectivity index (χ4v) is 3.47. The standard InChI is InChI=1S/C15H23N3S/c1-9(2)15(16)14-7-17-8-18(14)11(4)13-6-10(3)19-12(13)5/h6-9,11,15H,16H2,1-5H3. The smallest absolute Gasteiger partial charge is 0.0954 e. The van der Waals surface area contributed by atoms with E-state index in [4.69, 9.17) is 5.73 Å². The van der Waals surface area contributed by atoms with Crippen molar-refractivity contribution in [3.63, 3.8) is 0 Å². The Hall–Kier alpha value is -1.13. The molecule has 2 N–H and O–H groups in total. The van der Waals surface area contributed by atoms with Gasteiger partial charge in [-0.3, -0.25) is 0 Å². The Kier molecular flexibility index (Phi) is 4.11. The molecule has 0 aliphatic heterocycles. The quantitative estimate of drug-likeness (QED) is 0.923. The maximum Gasteiger partial charge on any atom is 0.0954 e. The van der Waals surface area contributed by atoms with Gasteiger partial charge < -0.3 is 10.3 Å². The molecule has 2 heterocycles. The molecule has 3 nitrogen and oxygen atoms in total. The first kappa shape index (κ1) is 14.3. The van der Waals surface area contributed by atoms with Gasteiger partial charge in [0.2, 0.25) is 0 Å². The number of hydrogen-bond acceptors (Lipinski definition) is 3. The molecule has 0 spiro atoms. The minimum atomic E-state index is 0.0324. The lowest BCUT2D eigenvalue weighted by Gasteiger charge is -2.22. The molecule has 0 saturated heterocycles. The summed E-state index contributed by atoms with van der Waals surface area (Å²) in [4.78, 5) is 7.03. The highest BCUT2D eigenvalue weighted by Crippen LogP contribution is 2.31. The van der Waals surface area contributed by atoms with Gasteiger partial charge in [-0.25, -0.2) is 4.98 Å². The SMILES string of the molecule is Cc1cc(C(C)n2cncc2C(N)C(C)C)c(C)s1. The van der Waals surface area contributed by atoms with Crippen molar-refractivity contribution >= 4 is 11.3 Å². The molecule has 0 saturated carbocycles. The van der Waals surface area contributed by atoms with Crippen LogP contribution in [0.15, 0.2) is 18.6 Å². The average Bonchev–Trinajstić information content (AvgIpc) is 2.93. The van der Waals surface area contributed by atoms with Crippen molar-refractivity contribution in [3.05, 3.63) is 39.6 Å². The summed E-state index contributed by atoms with van der Waals surface area (Å²) in [5.74, 6) is 0.410. The third kappa shape index (κ3) is 2.74. The van der Waals surface area contributed by atoms with Gasteiger partial charge in [0, 0.05) is 22.0 Å². The Labute approximate surface area is 119 Å². The van der Waals surface area contributed by atoms with Gasteiger partial charge in [0.25, 0.3) is 0 Å². The van der Waals surface area contributed by atoms with Crippen molar-refractivity contribution < 1.29 is 0 Å². The molecule has 2 aromatic heterocycles. The highest BCUT2D eigenvalue weighted by atomic mass is 32.1. The van der Waals surface area contributed by atoms with Gasteiger partial charge in [-0.15, -0.1) is 11.3 Å². The maximum atomic E-state index is 6.28. The van der Waals surface area contributed by atoms with Crippen molar-refractivity contribution in [1.82, 2.24) is 9.55 Å². The van der Waals surface area contributed by atoms with E-state index in [0.29, 0.717) is 5.92 Å². The molecule has 2 atom stereocenters. The molecule has 0 amide bonds. The van der Waals surface area contributed by atoms with E-state index < -0.39 is 0 Å². The van der Waals surface area contributed by atoms with Crippen LogP contribution in [0.3, 0.4) is 0 Å². The zero-order chi connectivity index (χ0) is 14.2. The molecular weight excluding hydrogens is 254 g/mol. The summed E-state index contributed by atoms with van der Waals surface area (Å²) < 4.78 is 2.21. The number of hydrogen-bond donors (Lipinski definition) is 1. The summed E-state index contributed by atoms with van der Waals surface area (Å²) in [6.45, 7) is 10.8. The second-order valence-corrected chi connectivity index (χ2v) is 7.00. The highest BCUT2D eigenvalue weighted by molar-refractivity contribution is 7.12. The third-order valence-electron chi connectivity index (χ3n) is 3.70. The van der Waals surface area contributed by atoms with E-state index in [-0.39, 0.29) is 12.1 Å². The van der Waals surface area contributed by atoms with Crippen LogP contribution in [0.25, 0.3) is 0 Å². The highest BCUT2D eigenvalue weighted by Gasteiger charge is 2.20. The van der Waals surface area contributed by atoms with E-state index in [9.17, 15) is 0 Å². The average molecular weight is 277 g/mol. The fourth-order valence-electron chi connectivity index (χ4n) is 2.45. The zero-order valence-corrected chi connectivity index (χ0v) is 13.2. The summed E-state index contributed by atoms with van der Waals surface area (Å²) in [6, 6.07) is 2.59. The van der Waals surface area contributed by atoms with Crippen LogP contribution < -0.4 is 5.73 Å². The lowest BCUT2D eigenvalue weighted by Crippen LogP contribution is -2.22. The molecule has 2 aromatic rings. The Morgan fingerprint density at radius 3 is 2.47 bits per heavy atom. The molecule has 0 bridgehead atoms. The first-order chi connectivity index (χ1) is 8.91. The number of imidazole rings is 1. The van der Waals surface area contributed by atoms with E-state index >= 15 is 0 Å². The first-order valence-electron chi connectivity index (χ1n) is 6.76. The van der Waals surface area contributed by atoms with Crippen LogP contribution in [0.1, 0.15) is 53.9 Å². The number of nitrogens with zero attached hydrogens (tertiary/aromatic N) is 2. The van der Waals surface area contributed by atoms with Crippen LogP contribution in [0.4, 0.5) is 0 Å². The van der Waals surface area contributed by atoms with Crippen molar-refractivity contribution in [1.29, 1.82) is 0 Å². The Morgan fingerprint density at radius 2 is 1.95 bits per heavy atom. The van der Waals surface area contributed by atoms with Gasteiger partial charge >= 0.3 is 0 Å². The topological polar surface area (TPSA) is 43.8 Å². The van der Waals surface area contributed by atoms with E-state index in [1.165, 1.54) is 15.3 Å². The summed E-state index contributed by atoms with van der Waals surface area (Å²) in [5.41, 5.74) is 8.77. The van der Waals surface area contributed by atoms with E-state index in [0.717, 1.165) is 5.69 Å². The summed E-state index contributed by atoms with van der Waals surface area (Å²) in [7, 11) is 0. The molecular formula is C15H23N3S. The Morgan fingerprint density at radius 1 is 1.26 bits per heavy atom. The van der Waals surface area contributed by atoms with Gasteiger partial charge in [-0.05, 0) is 38.3 Å². The summed E-state index contributed by atoms with van der Waals surface area (Å²) in [5, 5.41) is 0. The molecule has 0 radical (unpaired) electrons. The number of thiophene rings is 1. The Balaban J connectivity index is 2.37. The van der Waals surface area contributed by atoms with Crippen molar-refractivity contribution in [2.75, 3.05) is 0 Å². The normalized spacial score (nSPS) is 14.9. The largest absolute Gasteiger partial charge is 0.326 e. The molecule has 4 heteroatoms. The van der Waals surface area contributed by atoms with Gasteiger partial charge in [0.05, 0.1) is 18.1 Å². The van der Waals surface area contributed by atoms with Gasteiger partial charge in [-0.2, -0.15) is 0 Å². The predicted octanol–water partition coefficient (Wildman–Crippen LogP) is 3.83. The van der Waals surface area contributed by atoms with Crippen LogP contribution in [0, 0.1) is 19.8 Å². The lowest BCUT2D eigenvalue weighted by molar-refractivity contribution is 0.468. The summed E-state index contributed by atoms with van der Waals surface area (Å²) in [6.07, 6.45) is 3.80. The monoisotopic (exact) mass is 277 g/mol. The molecule has 0 aliphatic carbocycles. The van der Waals surface area contributed by atoms with E-state index in [1.54, 1.807) is 0 Å². The molecule has 0 aromatic carbocycles. The maximum absolute atomic E-state index is 6.28. The molecule has 0 fully saturated rings. The molecule has 19 heavy (non-hydrogen) atoms. The molecule has 104 valence electrons. The second kappa shape index (κ2) is 5.47. The minimum Gasteiger partial charge on any atom is -0.326 e. The molecule has 0 aliphatic rings. The number of aryl methyl sites for hydroxylation is 2. The number of aromatic nitrogens is 2. The number of nitrogens with two attached hydrogens (primary N) is 1. The van der Waals surface area contributed by atoms with Crippen LogP contribution in [0.5, 0.6) is 0 Å². The minimum absolute atomic E-state index is 0.0324. The van der Waals surface area contributed by atoms with Crippen LogP contribution in [-0.2, 0) is 0 Å². The van der Waals surface area contributed by atoms with Crippen LogP contribution in [-0.4, -0.2) is 9.55 Å². The summed E-state index contributed by atoms with van der Waals surface area (Å²) >= 11 is 1.85. The van der Waals surface area contributed by atoms with Gasteiger partial charge in [-0.1, -0.05) is 13.8 Å². The van der Waals surface area contributed by atoms with Crippen LogP contribution >= 0.6 is 11.3 Å². The molecule has 2 rings (SSSR count). The Bertz CT molecular complexity index is 553. The zero-order valence-electron chi connectivity index (χ0n) is 12.3.